The van der Waals surface area contributed by atoms with Gasteiger partial charge in [0.05, 0.1) is 5.60 Å². The zero-order valence-electron chi connectivity index (χ0n) is 11.4. The molecular weight excluding hydrogens is 200 g/mol. The van der Waals surface area contributed by atoms with Crippen molar-refractivity contribution < 1.29 is 4.74 Å². The molecule has 2 unspecified atom stereocenters. The molecule has 0 aliphatic carbocycles. The van der Waals surface area contributed by atoms with Gasteiger partial charge in [0.25, 0.3) is 0 Å². The van der Waals surface area contributed by atoms with Crippen molar-refractivity contribution in [2.24, 2.45) is 11.1 Å². The van der Waals surface area contributed by atoms with E-state index in [9.17, 15) is 0 Å². The smallest absolute Gasteiger partial charge is 0.0777 e. The lowest BCUT2D eigenvalue weighted by molar-refractivity contribution is -0.0581. The second-order valence-electron chi connectivity index (χ2n) is 5.84. The van der Waals surface area contributed by atoms with E-state index in [4.69, 9.17) is 10.5 Å². The molecule has 2 atom stereocenters. The molecule has 16 heavy (non-hydrogen) atoms. The number of ether oxygens (including phenoxy) is 1. The van der Waals surface area contributed by atoms with Gasteiger partial charge in [-0.25, -0.2) is 0 Å². The molecule has 1 rings (SSSR count). The van der Waals surface area contributed by atoms with Gasteiger partial charge in [0, 0.05) is 20.2 Å². The number of nitrogens with two attached hydrogens (primary N) is 1. The highest BCUT2D eigenvalue weighted by Gasteiger charge is 2.33. The molecule has 3 heteroatoms. The fourth-order valence-corrected chi connectivity index (χ4v) is 2.47. The lowest BCUT2D eigenvalue weighted by atomic mass is 9.85. The van der Waals surface area contributed by atoms with E-state index in [2.05, 4.69) is 25.7 Å². The molecule has 0 aromatic carbocycles. The summed E-state index contributed by atoms with van der Waals surface area (Å²) in [6, 6.07) is 0. The van der Waals surface area contributed by atoms with Crippen molar-refractivity contribution in [3.63, 3.8) is 0 Å². The van der Waals surface area contributed by atoms with Gasteiger partial charge < -0.3 is 10.5 Å². The first-order valence-corrected chi connectivity index (χ1v) is 6.44. The minimum atomic E-state index is 0.0432. The third-order valence-corrected chi connectivity index (χ3v) is 4.18. The van der Waals surface area contributed by atoms with Crippen LogP contribution in [-0.4, -0.2) is 43.8 Å². The maximum atomic E-state index is 5.88. The molecule has 1 saturated heterocycles. The summed E-state index contributed by atoms with van der Waals surface area (Å²) in [6.07, 6.45) is 3.55. The molecule has 0 aromatic rings. The first-order chi connectivity index (χ1) is 7.47. The van der Waals surface area contributed by atoms with Crippen LogP contribution in [0.3, 0.4) is 0 Å². The Morgan fingerprint density at radius 1 is 1.50 bits per heavy atom. The maximum Gasteiger partial charge on any atom is 0.0777 e. The summed E-state index contributed by atoms with van der Waals surface area (Å²) in [5, 5.41) is 0. The van der Waals surface area contributed by atoms with Crippen LogP contribution in [0.15, 0.2) is 0 Å². The fourth-order valence-electron chi connectivity index (χ4n) is 2.47. The van der Waals surface area contributed by atoms with Crippen molar-refractivity contribution in [1.82, 2.24) is 4.90 Å². The van der Waals surface area contributed by atoms with Gasteiger partial charge in [0.1, 0.15) is 0 Å². The first-order valence-electron chi connectivity index (χ1n) is 6.44. The van der Waals surface area contributed by atoms with Gasteiger partial charge in [-0.3, -0.25) is 4.90 Å². The number of rotatable bonds is 5. The van der Waals surface area contributed by atoms with Crippen LogP contribution in [0.5, 0.6) is 0 Å². The average molecular weight is 228 g/mol. The van der Waals surface area contributed by atoms with Crippen LogP contribution >= 0.6 is 0 Å². The van der Waals surface area contributed by atoms with Crippen LogP contribution in [0.25, 0.3) is 0 Å². The van der Waals surface area contributed by atoms with Crippen LogP contribution in [0, 0.1) is 5.41 Å². The Morgan fingerprint density at radius 2 is 2.19 bits per heavy atom. The molecule has 0 saturated carbocycles. The SMILES string of the molecule is CCC(C)(CN)CN1CCCC(C)(OC)C1. The standard InChI is InChI=1S/C13H28N2O/c1-5-12(2,9-14)10-15-8-6-7-13(3,11-15)16-4/h5-11,14H2,1-4H3. The number of hydrogen-bond donors (Lipinski definition) is 1. The first kappa shape index (κ1) is 13.9. The van der Waals surface area contributed by atoms with Gasteiger partial charge in [-0.15, -0.1) is 0 Å². The number of likely N-dealkylation sites (tertiary alicyclic amines) is 1. The summed E-state index contributed by atoms with van der Waals surface area (Å²) in [4.78, 5) is 2.52. The molecule has 1 aliphatic heterocycles. The second kappa shape index (κ2) is 5.48. The molecule has 0 bridgehead atoms. The van der Waals surface area contributed by atoms with Gasteiger partial charge in [-0.05, 0) is 44.7 Å². The molecule has 1 heterocycles. The Balaban J connectivity index is 2.55. The number of hydrogen-bond acceptors (Lipinski definition) is 3. The highest BCUT2D eigenvalue weighted by molar-refractivity contribution is 4.88. The number of piperidine rings is 1. The highest BCUT2D eigenvalue weighted by atomic mass is 16.5. The predicted molar refractivity (Wildman–Crippen MR) is 68.5 cm³/mol. The van der Waals surface area contributed by atoms with Gasteiger partial charge in [0.2, 0.25) is 0 Å². The van der Waals surface area contributed by atoms with Gasteiger partial charge in [-0.1, -0.05) is 13.8 Å². The quantitative estimate of drug-likeness (QED) is 0.780. The number of methoxy groups -OCH3 is 1. The Bertz CT molecular complexity index is 216. The number of nitrogens with zero attached hydrogens (tertiary/aromatic N) is 1. The van der Waals surface area contributed by atoms with E-state index in [-0.39, 0.29) is 11.0 Å². The van der Waals surface area contributed by atoms with Crippen molar-refractivity contribution >= 4 is 0 Å². The molecule has 96 valence electrons. The molecule has 1 aliphatic rings. The van der Waals surface area contributed by atoms with E-state index in [1.807, 2.05) is 7.11 Å². The highest BCUT2D eigenvalue weighted by Crippen LogP contribution is 2.28. The van der Waals surface area contributed by atoms with Gasteiger partial charge in [-0.2, -0.15) is 0 Å². The summed E-state index contributed by atoms with van der Waals surface area (Å²) >= 11 is 0. The van der Waals surface area contributed by atoms with E-state index >= 15 is 0 Å². The summed E-state index contributed by atoms with van der Waals surface area (Å²) in [5.41, 5.74) is 6.18. The van der Waals surface area contributed by atoms with E-state index in [1.54, 1.807) is 0 Å². The second-order valence-corrected chi connectivity index (χ2v) is 5.84. The third kappa shape index (κ3) is 3.44. The lowest BCUT2D eigenvalue weighted by Crippen LogP contribution is -2.51. The minimum absolute atomic E-state index is 0.0432. The van der Waals surface area contributed by atoms with Crippen molar-refractivity contribution in [3.8, 4) is 0 Å². The minimum Gasteiger partial charge on any atom is -0.377 e. The van der Waals surface area contributed by atoms with Gasteiger partial charge in [0.15, 0.2) is 0 Å². The third-order valence-electron chi connectivity index (χ3n) is 4.18. The molecule has 0 radical (unpaired) electrons. The van der Waals surface area contributed by atoms with Crippen molar-refractivity contribution in [2.75, 3.05) is 33.3 Å². The van der Waals surface area contributed by atoms with Crippen LogP contribution in [0.1, 0.15) is 40.0 Å². The molecule has 3 nitrogen and oxygen atoms in total. The van der Waals surface area contributed by atoms with E-state index in [1.165, 1.54) is 19.4 Å². The molecule has 1 fully saturated rings. The molecule has 0 amide bonds. The van der Waals surface area contributed by atoms with E-state index in [0.717, 1.165) is 26.1 Å². The van der Waals surface area contributed by atoms with Crippen LogP contribution in [0.4, 0.5) is 0 Å². The Labute approximate surface area is 100 Å². The maximum absolute atomic E-state index is 5.88. The normalized spacial score (nSPS) is 31.3. The Kier molecular flexibility index (Phi) is 4.77. The predicted octanol–water partition coefficient (Wildman–Crippen LogP) is 1.86. The summed E-state index contributed by atoms with van der Waals surface area (Å²) in [6.45, 7) is 10.8. The van der Waals surface area contributed by atoms with E-state index < -0.39 is 0 Å². The molecule has 0 aromatic heterocycles. The van der Waals surface area contributed by atoms with Crippen LogP contribution < -0.4 is 5.73 Å². The Morgan fingerprint density at radius 3 is 2.69 bits per heavy atom. The zero-order valence-corrected chi connectivity index (χ0v) is 11.4. The zero-order chi connectivity index (χ0) is 12.2. The van der Waals surface area contributed by atoms with Crippen molar-refractivity contribution in [3.05, 3.63) is 0 Å². The van der Waals surface area contributed by atoms with Gasteiger partial charge >= 0.3 is 0 Å². The molecule has 0 spiro atoms. The fraction of sp³-hybridized carbons (Fsp3) is 1.00. The summed E-state index contributed by atoms with van der Waals surface area (Å²) in [5.74, 6) is 0. The topological polar surface area (TPSA) is 38.5 Å². The van der Waals surface area contributed by atoms with Crippen LogP contribution in [0.2, 0.25) is 0 Å². The van der Waals surface area contributed by atoms with Crippen LogP contribution in [-0.2, 0) is 4.74 Å². The average Bonchev–Trinajstić information content (AvgIpc) is 2.29. The Hall–Kier alpha value is -0.120. The van der Waals surface area contributed by atoms with Crippen molar-refractivity contribution in [1.29, 1.82) is 0 Å². The van der Waals surface area contributed by atoms with Crippen molar-refractivity contribution in [2.45, 2.75) is 45.6 Å². The molecule has 2 N–H and O–H groups in total. The largest absolute Gasteiger partial charge is 0.377 e. The summed E-state index contributed by atoms with van der Waals surface area (Å²) in [7, 11) is 1.82. The lowest BCUT2D eigenvalue weighted by Gasteiger charge is -2.43. The van der Waals surface area contributed by atoms with E-state index in [0.29, 0.717) is 0 Å². The summed E-state index contributed by atoms with van der Waals surface area (Å²) < 4.78 is 5.62. The monoisotopic (exact) mass is 228 g/mol. The molecular formula is C13H28N2O.